The van der Waals surface area contributed by atoms with E-state index in [0.717, 1.165) is 21.9 Å². The molecule has 2 aromatic heterocycles. The first-order chi connectivity index (χ1) is 7.84. The lowest BCUT2D eigenvalue weighted by Crippen LogP contribution is -1.82. The number of imidazole rings is 1. The smallest absolute Gasteiger partial charge is 0.0992 e. The number of pyridine rings is 1. The van der Waals surface area contributed by atoms with Crippen LogP contribution in [0.25, 0.3) is 21.9 Å². The number of fused-ring (bicyclic) bond motifs is 3. The number of nitrogens with zero attached hydrogens (tertiary/aromatic N) is 2. The highest BCUT2D eigenvalue weighted by Gasteiger charge is 2.02. The van der Waals surface area contributed by atoms with Crippen LogP contribution in [0, 0.1) is 6.92 Å². The molecule has 0 bridgehead atoms. The summed E-state index contributed by atoms with van der Waals surface area (Å²) in [5.74, 6) is 0. The van der Waals surface area contributed by atoms with E-state index in [0.29, 0.717) is 0 Å². The van der Waals surface area contributed by atoms with Crippen LogP contribution in [0.5, 0.6) is 0 Å². The minimum absolute atomic E-state index is 0.989. The van der Waals surface area contributed by atoms with Gasteiger partial charge in [-0.25, -0.2) is 4.98 Å². The Bertz CT molecular complexity index is 611. The van der Waals surface area contributed by atoms with Gasteiger partial charge in [0.25, 0.3) is 0 Å². The van der Waals surface area contributed by atoms with Gasteiger partial charge in [-0.1, -0.05) is 25.5 Å². The Kier molecular flexibility index (Phi) is 2.86. The molecule has 0 aliphatic carbocycles. The third-order valence-corrected chi connectivity index (χ3v) is 2.41. The van der Waals surface area contributed by atoms with Crippen molar-refractivity contribution in [2.75, 3.05) is 0 Å². The van der Waals surface area contributed by atoms with E-state index < -0.39 is 0 Å². The van der Waals surface area contributed by atoms with Gasteiger partial charge in [-0.3, -0.25) is 4.98 Å². The molecule has 0 saturated heterocycles. The van der Waals surface area contributed by atoms with E-state index in [9.17, 15) is 0 Å². The first-order valence-electron chi connectivity index (χ1n) is 5.53. The molecule has 0 atom stereocenters. The number of aryl methyl sites for hydroxylation is 1. The third kappa shape index (κ3) is 1.65. The van der Waals surface area contributed by atoms with Crippen molar-refractivity contribution in [3.8, 4) is 0 Å². The Morgan fingerprint density at radius 3 is 2.75 bits per heavy atom. The molecule has 0 radical (unpaired) electrons. The van der Waals surface area contributed by atoms with Crippen LogP contribution in [-0.2, 0) is 0 Å². The monoisotopic (exact) mass is 213 g/mol. The van der Waals surface area contributed by atoms with Crippen LogP contribution in [0.1, 0.15) is 19.4 Å². The van der Waals surface area contributed by atoms with Gasteiger partial charge < -0.3 is 4.98 Å². The SMILES string of the molecule is CC.Cc1ccc2ncc3[nH]cnc3c2c1. The van der Waals surface area contributed by atoms with E-state index in [2.05, 4.69) is 34.0 Å². The van der Waals surface area contributed by atoms with E-state index in [-0.39, 0.29) is 0 Å². The molecule has 3 heteroatoms. The Labute approximate surface area is 94.5 Å². The fourth-order valence-corrected chi connectivity index (χ4v) is 1.70. The number of aromatic amines is 1. The van der Waals surface area contributed by atoms with E-state index >= 15 is 0 Å². The summed E-state index contributed by atoms with van der Waals surface area (Å²) in [5.41, 5.74) is 4.21. The minimum atomic E-state index is 0.989. The van der Waals surface area contributed by atoms with E-state index in [1.165, 1.54) is 5.56 Å². The zero-order valence-electron chi connectivity index (χ0n) is 9.78. The number of hydrogen-bond acceptors (Lipinski definition) is 2. The highest BCUT2D eigenvalue weighted by molar-refractivity contribution is 6.01. The van der Waals surface area contributed by atoms with Crippen LogP contribution in [0.3, 0.4) is 0 Å². The fraction of sp³-hybridized carbons (Fsp3) is 0.231. The Balaban J connectivity index is 0.000000457. The molecule has 1 aromatic carbocycles. The predicted octanol–water partition coefficient (Wildman–Crippen LogP) is 3.45. The molecule has 16 heavy (non-hydrogen) atoms. The van der Waals surface area contributed by atoms with Gasteiger partial charge in [-0.05, 0) is 19.1 Å². The van der Waals surface area contributed by atoms with Crippen molar-refractivity contribution >= 4 is 21.9 Å². The van der Waals surface area contributed by atoms with Crippen LogP contribution in [0.15, 0.2) is 30.7 Å². The van der Waals surface area contributed by atoms with E-state index in [1.807, 2.05) is 26.1 Å². The summed E-state index contributed by atoms with van der Waals surface area (Å²) >= 11 is 0. The van der Waals surface area contributed by atoms with Crippen LogP contribution < -0.4 is 0 Å². The van der Waals surface area contributed by atoms with Crippen molar-refractivity contribution in [2.24, 2.45) is 0 Å². The predicted molar refractivity (Wildman–Crippen MR) is 67.5 cm³/mol. The van der Waals surface area contributed by atoms with Gasteiger partial charge in [0, 0.05) is 5.39 Å². The summed E-state index contributed by atoms with van der Waals surface area (Å²) in [6, 6.07) is 6.21. The number of rotatable bonds is 0. The van der Waals surface area contributed by atoms with E-state index in [4.69, 9.17) is 0 Å². The van der Waals surface area contributed by atoms with Gasteiger partial charge in [-0.15, -0.1) is 0 Å². The Hall–Kier alpha value is -1.90. The molecule has 3 nitrogen and oxygen atoms in total. The zero-order chi connectivity index (χ0) is 11.5. The second-order valence-corrected chi connectivity index (χ2v) is 3.44. The number of H-pyrrole nitrogens is 1. The standard InChI is InChI=1S/C11H9N3.C2H6/c1-7-2-3-9-8(4-7)11-10(5-12-9)13-6-14-11;1-2/h2-6H,1H3,(H,13,14);1-2H3. The lowest BCUT2D eigenvalue weighted by atomic mass is 10.1. The fourth-order valence-electron chi connectivity index (χ4n) is 1.70. The molecule has 82 valence electrons. The summed E-state index contributed by atoms with van der Waals surface area (Å²) in [6.07, 6.45) is 3.52. The number of nitrogens with one attached hydrogen (secondary N) is 1. The molecule has 3 rings (SSSR count). The van der Waals surface area contributed by atoms with Crippen molar-refractivity contribution in [2.45, 2.75) is 20.8 Å². The molecular formula is C13H15N3. The molecular weight excluding hydrogens is 198 g/mol. The first-order valence-corrected chi connectivity index (χ1v) is 5.53. The van der Waals surface area contributed by atoms with E-state index in [1.54, 1.807) is 6.33 Å². The van der Waals surface area contributed by atoms with Crippen molar-refractivity contribution in [1.29, 1.82) is 0 Å². The minimum Gasteiger partial charge on any atom is -0.343 e. The normalized spacial score (nSPS) is 10.2. The topological polar surface area (TPSA) is 41.6 Å². The maximum atomic E-state index is 4.35. The van der Waals surface area contributed by atoms with Crippen LogP contribution >= 0.6 is 0 Å². The molecule has 0 spiro atoms. The maximum absolute atomic E-state index is 4.35. The lowest BCUT2D eigenvalue weighted by molar-refractivity contribution is 1.34. The molecule has 0 amide bonds. The average molecular weight is 213 g/mol. The summed E-state index contributed by atoms with van der Waals surface area (Å²) in [5, 5.41) is 1.11. The Morgan fingerprint density at radius 1 is 1.12 bits per heavy atom. The van der Waals surface area contributed by atoms with Gasteiger partial charge in [0.1, 0.15) is 0 Å². The molecule has 2 heterocycles. The van der Waals surface area contributed by atoms with Crippen molar-refractivity contribution in [3.05, 3.63) is 36.3 Å². The molecule has 1 N–H and O–H groups in total. The van der Waals surface area contributed by atoms with Crippen LogP contribution in [-0.4, -0.2) is 15.0 Å². The quantitative estimate of drug-likeness (QED) is 0.621. The first kappa shape index (κ1) is 10.6. The van der Waals surface area contributed by atoms with Gasteiger partial charge >= 0.3 is 0 Å². The summed E-state index contributed by atoms with van der Waals surface area (Å²) in [6.45, 7) is 6.07. The third-order valence-electron chi connectivity index (χ3n) is 2.41. The number of hydrogen-bond donors (Lipinski definition) is 1. The highest BCUT2D eigenvalue weighted by atomic mass is 14.9. The van der Waals surface area contributed by atoms with Gasteiger partial charge in [0.05, 0.1) is 29.1 Å². The summed E-state index contributed by atoms with van der Waals surface area (Å²) in [4.78, 5) is 11.7. The van der Waals surface area contributed by atoms with Gasteiger partial charge in [0.2, 0.25) is 0 Å². The lowest BCUT2D eigenvalue weighted by Gasteiger charge is -1.98. The number of benzene rings is 1. The van der Waals surface area contributed by atoms with Crippen LogP contribution in [0.2, 0.25) is 0 Å². The summed E-state index contributed by atoms with van der Waals surface area (Å²) in [7, 11) is 0. The zero-order valence-corrected chi connectivity index (χ0v) is 9.78. The maximum Gasteiger partial charge on any atom is 0.0992 e. The molecule has 0 unspecified atom stereocenters. The molecule has 3 aromatic rings. The van der Waals surface area contributed by atoms with Crippen molar-refractivity contribution in [3.63, 3.8) is 0 Å². The Morgan fingerprint density at radius 2 is 1.94 bits per heavy atom. The van der Waals surface area contributed by atoms with Gasteiger partial charge in [-0.2, -0.15) is 0 Å². The molecule has 0 aliphatic heterocycles. The molecule has 0 saturated carbocycles. The van der Waals surface area contributed by atoms with Crippen molar-refractivity contribution in [1.82, 2.24) is 15.0 Å². The second-order valence-electron chi connectivity index (χ2n) is 3.44. The summed E-state index contributed by atoms with van der Waals surface area (Å²) < 4.78 is 0. The molecule has 0 aliphatic rings. The molecule has 0 fully saturated rings. The highest BCUT2D eigenvalue weighted by Crippen LogP contribution is 2.21. The number of aromatic nitrogens is 3. The average Bonchev–Trinajstić information content (AvgIpc) is 2.80. The van der Waals surface area contributed by atoms with Crippen molar-refractivity contribution < 1.29 is 0 Å². The second kappa shape index (κ2) is 4.31. The van der Waals surface area contributed by atoms with Gasteiger partial charge in [0.15, 0.2) is 0 Å². The largest absolute Gasteiger partial charge is 0.343 e. The van der Waals surface area contributed by atoms with Crippen LogP contribution in [0.4, 0.5) is 0 Å².